The molecule has 0 aliphatic heterocycles. The average molecular weight is 290 g/mol. The number of ether oxygens (including phenoxy) is 1. The molecule has 0 bridgehead atoms. The molecule has 0 unspecified atom stereocenters. The van der Waals surface area contributed by atoms with E-state index in [-0.39, 0.29) is 0 Å². The Kier molecular flexibility index (Phi) is 5.56. The highest BCUT2D eigenvalue weighted by molar-refractivity contribution is 7.11. The Morgan fingerprint density at radius 2 is 2.05 bits per heavy atom. The maximum absolute atomic E-state index is 5.81. The van der Waals surface area contributed by atoms with Crippen LogP contribution in [0.2, 0.25) is 0 Å². The fraction of sp³-hybridized carbons (Fsp3) is 0.438. The Morgan fingerprint density at radius 1 is 1.25 bits per heavy atom. The van der Waals surface area contributed by atoms with Crippen molar-refractivity contribution in [1.29, 1.82) is 0 Å². The lowest BCUT2D eigenvalue weighted by Crippen LogP contribution is -2.18. The highest BCUT2D eigenvalue weighted by atomic mass is 32.1. The number of pyridine rings is 1. The molecule has 20 heavy (non-hydrogen) atoms. The Bertz CT molecular complexity index is 537. The van der Waals surface area contributed by atoms with Crippen LogP contribution in [-0.2, 0) is 13.2 Å². The summed E-state index contributed by atoms with van der Waals surface area (Å²) in [5.74, 6) is 1.55. The number of aryl methyl sites for hydroxylation is 1. The molecule has 3 nitrogen and oxygen atoms in total. The number of hydrogen-bond acceptors (Lipinski definition) is 4. The molecule has 2 heterocycles. The summed E-state index contributed by atoms with van der Waals surface area (Å²) in [6.07, 6.45) is 1.78. The van der Waals surface area contributed by atoms with Crippen molar-refractivity contribution >= 4 is 11.3 Å². The Balaban J connectivity index is 1.82. The molecule has 0 fully saturated rings. The molecule has 0 amide bonds. The first-order valence-corrected chi connectivity index (χ1v) is 7.79. The fourth-order valence-electron chi connectivity index (χ4n) is 1.85. The van der Waals surface area contributed by atoms with E-state index in [0.29, 0.717) is 12.5 Å². The van der Waals surface area contributed by atoms with E-state index in [1.165, 1.54) is 9.75 Å². The summed E-state index contributed by atoms with van der Waals surface area (Å²) in [6, 6.07) is 8.18. The summed E-state index contributed by atoms with van der Waals surface area (Å²) in [6.45, 7) is 9.01. The van der Waals surface area contributed by atoms with Gasteiger partial charge in [0.2, 0.25) is 0 Å². The minimum absolute atomic E-state index is 0.612. The maximum Gasteiger partial charge on any atom is 0.141 e. The minimum Gasteiger partial charge on any atom is -0.486 e. The number of aromatic nitrogens is 1. The summed E-state index contributed by atoms with van der Waals surface area (Å²) in [4.78, 5) is 6.82. The second-order valence-corrected chi connectivity index (χ2v) is 6.52. The van der Waals surface area contributed by atoms with Crippen LogP contribution < -0.4 is 10.1 Å². The average Bonchev–Trinajstić information content (AvgIpc) is 2.85. The second kappa shape index (κ2) is 7.41. The summed E-state index contributed by atoms with van der Waals surface area (Å²) in [5, 5.41) is 3.46. The Hall–Kier alpha value is -1.39. The molecule has 4 heteroatoms. The van der Waals surface area contributed by atoms with E-state index in [1.807, 2.05) is 19.1 Å². The largest absolute Gasteiger partial charge is 0.486 e. The van der Waals surface area contributed by atoms with E-state index < -0.39 is 0 Å². The first-order chi connectivity index (χ1) is 9.65. The summed E-state index contributed by atoms with van der Waals surface area (Å²) < 4.78 is 5.81. The Morgan fingerprint density at radius 3 is 2.80 bits per heavy atom. The normalized spacial score (nSPS) is 11.0. The van der Waals surface area contributed by atoms with Gasteiger partial charge in [-0.15, -0.1) is 11.3 Å². The van der Waals surface area contributed by atoms with Gasteiger partial charge in [0.15, 0.2) is 0 Å². The third-order valence-electron chi connectivity index (χ3n) is 2.90. The van der Waals surface area contributed by atoms with Gasteiger partial charge >= 0.3 is 0 Å². The van der Waals surface area contributed by atoms with Crippen LogP contribution >= 0.6 is 11.3 Å². The quantitative estimate of drug-likeness (QED) is 0.842. The molecule has 0 radical (unpaired) electrons. The highest BCUT2D eigenvalue weighted by Gasteiger charge is 2.03. The first kappa shape index (κ1) is 15.0. The summed E-state index contributed by atoms with van der Waals surface area (Å²) >= 11 is 1.80. The zero-order valence-corrected chi connectivity index (χ0v) is 13.2. The van der Waals surface area contributed by atoms with Crippen LogP contribution in [0, 0.1) is 12.8 Å². The van der Waals surface area contributed by atoms with E-state index in [2.05, 4.69) is 36.3 Å². The Labute approximate surface area is 125 Å². The van der Waals surface area contributed by atoms with Crippen molar-refractivity contribution in [3.8, 4) is 5.75 Å². The van der Waals surface area contributed by atoms with E-state index >= 15 is 0 Å². The highest BCUT2D eigenvalue weighted by Crippen LogP contribution is 2.20. The molecular formula is C16H22N2OS. The number of nitrogens with one attached hydrogen (secondary N) is 1. The number of rotatable bonds is 7. The monoisotopic (exact) mass is 290 g/mol. The molecule has 1 N–H and O–H groups in total. The van der Waals surface area contributed by atoms with Crippen LogP contribution in [0.4, 0.5) is 0 Å². The van der Waals surface area contributed by atoms with Crippen molar-refractivity contribution in [2.75, 3.05) is 6.54 Å². The first-order valence-electron chi connectivity index (χ1n) is 6.98. The smallest absolute Gasteiger partial charge is 0.141 e. The summed E-state index contributed by atoms with van der Waals surface area (Å²) in [5.41, 5.74) is 0.933. The van der Waals surface area contributed by atoms with Gasteiger partial charge in [0.05, 0.1) is 5.69 Å². The van der Waals surface area contributed by atoms with E-state index in [9.17, 15) is 0 Å². The lowest BCUT2D eigenvalue weighted by molar-refractivity contribution is 0.306. The van der Waals surface area contributed by atoms with E-state index in [0.717, 1.165) is 24.5 Å². The molecule has 0 atom stereocenters. The molecule has 0 saturated carbocycles. The van der Waals surface area contributed by atoms with Crippen LogP contribution in [0.5, 0.6) is 5.75 Å². The molecular weight excluding hydrogens is 268 g/mol. The molecule has 0 spiro atoms. The molecule has 2 aromatic rings. The molecule has 0 saturated heterocycles. The number of nitrogens with zero attached hydrogens (tertiary/aromatic N) is 1. The predicted molar refractivity (Wildman–Crippen MR) is 84.2 cm³/mol. The zero-order valence-electron chi connectivity index (χ0n) is 12.3. The SMILES string of the molecule is Cc1ncccc1OCc1ccc(CNCC(C)C)s1. The molecule has 2 aromatic heterocycles. The second-order valence-electron chi connectivity index (χ2n) is 5.27. The van der Waals surface area contributed by atoms with Crippen molar-refractivity contribution in [1.82, 2.24) is 10.3 Å². The van der Waals surface area contributed by atoms with Crippen molar-refractivity contribution in [3.05, 3.63) is 45.9 Å². The van der Waals surface area contributed by atoms with E-state index in [4.69, 9.17) is 4.74 Å². The number of thiophene rings is 1. The van der Waals surface area contributed by atoms with Crippen LogP contribution in [0.15, 0.2) is 30.5 Å². The van der Waals surface area contributed by atoms with Gasteiger partial charge in [-0.3, -0.25) is 4.98 Å². The topological polar surface area (TPSA) is 34.1 Å². The minimum atomic E-state index is 0.612. The van der Waals surface area contributed by atoms with Gasteiger partial charge < -0.3 is 10.1 Å². The van der Waals surface area contributed by atoms with Crippen LogP contribution in [0.3, 0.4) is 0 Å². The fourth-order valence-corrected chi connectivity index (χ4v) is 2.75. The van der Waals surface area contributed by atoms with E-state index in [1.54, 1.807) is 17.5 Å². The molecule has 0 aliphatic rings. The van der Waals surface area contributed by atoms with Crippen molar-refractivity contribution in [2.24, 2.45) is 5.92 Å². The van der Waals surface area contributed by atoms with Crippen LogP contribution in [0.25, 0.3) is 0 Å². The number of hydrogen-bond donors (Lipinski definition) is 1. The predicted octanol–water partition coefficient (Wildman–Crippen LogP) is 3.78. The third-order valence-corrected chi connectivity index (χ3v) is 3.96. The lowest BCUT2D eigenvalue weighted by Gasteiger charge is -2.06. The molecule has 2 rings (SSSR count). The van der Waals surface area contributed by atoms with Crippen LogP contribution in [-0.4, -0.2) is 11.5 Å². The zero-order chi connectivity index (χ0) is 14.4. The standard InChI is InChI=1S/C16H22N2OS/c1-12(2)9-17-10-14-6-7-15(20-14)11-19-16-5-4-8-18-13(16)3/h4-8,12,17H,9-11H2,1-3H3. The molecule has 108 valence electrons. The van der Waals surface area contributed by atoms with Gasteiger partial charge in [-0.25, -0.2) is 0 Å². The third kappa shape index (κ3) is 4.62. The van der Waals surface area contributed by atoms with Gasteiger partial charge in [-0.2, -0.15) is 0 Å². The van der Waals surface area contributed by atoms with Gasteiger partial charge in [-0.1, -0.05) is 13.8 Å². The van der Waals surface area contributed by atoms with Gasteiger partial charge in [-0.05, 0) is 43.7 Å². The van der Waals surface area contributed by atoms with Crippen molar-refractivity contribution in [2.45, 2.75) is 33.9 Å². The van der Waals surface area contributed by atoms with Gasteiger partial charge in [0.1, 0.15) is 12.4 Å². The maximum atomic E-state index is 5.81. The summed E-state index contributed by atoms with van der Waals surface area (Å²) in [7, 11) is 0. The van der Waals surface area contributed by atoms with Crippen LogP contribution in [0.1, 0.15) is 29.3 Å². The molecule has 0 aliphatic carbocycles. The molecule has 0 aromatic carbocycles. The van der Waals surface area contributed by atoms with Gasteiger partial charge in [0.25, 0.3) is 0 Å². The van der Waals surface area contributed by atoms with Crippen molar-refractivity contribution in [3.63, 3.8) is 0 Å². The van der Waals surface area contributed by atoms with Gasteiger partial charge in [0, 0.05) is 22.5 Å². The van der Waals surface area contributed by atoms with Crippen molar-refractivity contribution < 1.29 is 4.74 Å². The lowest BCUT2D eigenvalue weighted by atomic mass is 10.2.